The number of hydrogen-bond donors (Lipinski definition) is 1. The molecule has 0 radical (unpaired) electrons. The van der Waals surface area contributed by atoms with Crippen LogP contribution in [0.5, 0.6) is 0 Å². The fraction of sp³-hybridized carbons (Fsp3) is 0.440. The zero-order valence-electron chi connectivity index (χ0n) is 17.8. The lowest BCUT2D eigenvalue weighted by Crippen LogP contribution is -2.47. The molecule has 2 heterocycles. The molecule has 2 aromatic rings. The van der Waals surface area contributed by atoms with Crippen molar-refractivity contribution < 1.29 is 28.9 Å². The minimum absolute atomic E-state index is 0.0695. The number of ether oxygens (including phenoxy) is 3. The van der Waals surface area contributed by atoms with Gasteiger partial charge in [-0.3, -0.25) is 4.90 Å². The lowest BCUT2D eigenvalue weighted by atomic mass is 9.98. The first-order valence-corrected chi connectivity index (χ1v) is 11.2. The van der Waals surface area contributed by atoms with Gasteiger partial charge in [-0.2, -0.15) is 0 Å². The summed E-state index contributed by atoms with van der Waals surface area (Å²) in [7, 11) is 0. The Labute approximate surface area is 186 Å². The van der Waals surface area contributed by atoms with E-state index < -0.39 is 30.5 Å². The molecule has 3 aliphatic rings. The number of nitrogens with zero attached hydrogens (tertiary/aromatic N) is 1. The molecule has 1 amide bonds. The lowest BCUT2D eigenvalue weighted by Gasteiger charge is -2.29. The summed E-state index contributed by atoms with van der Waals surface area (Å²) in [6.45, 7) is 1.06. The zero-order chi connectivity index (χ0) is 22.1. The number of carboxylic acid groups (broad SMARTS) is 1. The van der Waals surface area contributed by atoms with E-state index in [1.807, 2.05) is 24.3 Å². The van der Waals surface area contributed by atoms with E-state index in [2.05, 4.69) is 24.3 Å². The average molecular weight is 437 g/mol. The number of benzene rings is 2. The predicted molar refractivity (Wildman–Crippen MR) is 116 cm³/mol. The molecule has 0 aromatic heterocycles. The third-order valence-electron chi connectivity index (χ3n) is 6.63. The minimum Gasteiger partial charge on any atom is -0.480 e. The minimum atomic E-state index is -1.09. The second kappa shape index (κ2) is 8.92. The zero-order valence-corrected chi connectivity index (χ0v) is 17.8. The van der Waals surface area contributed by atoms with Gasteiger partial charge >= 0.3 is 12.1 Å². The highest BCUT2D eigenvalue weighted by atomic mass is 16.7. The van der Waals surface area contributed by atoms with Crippen molar-refractivity contribution in [1.82, 2.24) is 4.90 Å². The van der Waals surface area contributed by atoms with Gasteiger partial charge in [0.15, 0.2) is 12.3 Å². The Hall–Kier alpha value is -2.90. The van der Waals surface area contributed by atoms with Crippen LogP contribution < -0.4 is 0 Å². The van der Waals surface area contributed by atoms with Gasteiger partial charge < -0.3 is 19.3 Å². The van der Waals surface area contributed by atoms with Crippen molar-refractivity contribution in [3.63, 3.8) is 0 Å². The van der Waals surface area contributed by atoms with Gasteiger partial charge in [-0.25, -0.2) is 9.59 Å². The maximum Gasteiger partial charge on any atom is 0.410 e. The van der Waals surface area contributed by atoms with E-state index >= 15 is 0 Å². The van der Waals surface area contributed by atoms with Crippen molar-refractivity contribution in [2.45, 2.75) is 50.0 Å². The second-order valence-electron chi connectivity index (χ2n) is 8.54. The van der Waals surface area contributed by atoms with Crippen LogP contribution in [-0.4, -0.2) is 60.3 Å². The monoisotopic (exact) mass is 437 g/mol. The molecular formula is C25H27NO6. The van der Waals surface area contributed by atoms with Crippen LogP contribution in [0.1, 0.15) is 42.7 Å². The van der Waals surface area contributed by atoms with E-state index in [0.717, 1.165) is 41.5 Å². The highest BCUT2D eigenvalue weighted by Crippen LogP contribution is 2.44. The van der Waals surface area contributed by atoms with E-state index in [1.54, 1.807) is 0 Å². The summed E-state index contributed by atoms with van der Waals surface area (Å²) in [4.78, 5) is 26.2. The van der Waals surface area contributed by atoms with Crippen molar-refractivity contribution in [2.24, 2.45) is 0 Å². The van der Waals surface area contributed by atoms with Gasteiger partial charge in [-0.05, 0) is 47.9 Å². The summed E-state index contributed by atoms with van der Waals surface area (Å²) < 4.78 is 17.2. The van der Waals surface area contributed by atoms with Gasteiger partial charge in [0.05, 0.1) is 6.10 Å². The van der Waals surface area contributed by atoms with Crippen LogP contribution >= 0.6 is 0 Å². The van der Waals surface area contributed by atoms with Gasteiger partial charge in [-0.15, -0.1) is 0 Å². The second-order valence-corrected chi connectivity index (χ2v) is 8.54. The van der Waals surface area contributed by atoms with E-state index in [1.165, 1.54) is 4.90 Å². The van der Waals surface area contributed by atoms with Crippen molar-refractivity contribution >= 4 is 12.1 Å². The SMILES string of the molecule is O=C(O)[C@@H]1C(OC2CCCCO2)CCN1C(=O)OCC1c2ccccc2-c2ccccc21. The Kier molecular flexibility index (Phi) is 5.85. The van der Waals surface area contributed by atoms with Crippen molar-refractivity contribution in [2.75, 3.05) is 19.8 Å². The van der Waals surface area contributed by atoms with E-state index in [9.17, 15) is 14.7 Å². The van der Waals surface area contributed by atoms with Crippen LogP contribution in [0.25, 0.3) is 11.1 Å². The number of hydrogen-bond acceptors (Lipinski definition) is 5. The molecule has 2 unspecified atom stereocenters. The number of aliphatic carboxylic acids is 1. The van der Waals surface area contributed by atoms with Crippen molar-refractivity contribution in [1.29, 1.82) is 0 Å². The van der Waals surface area contributed by atoms with Gasteiger partial charge in [0.25, 0.3) is 0 Å². The van der Waals surface area contributed by atoms with Crippen LogP contribution in [0.15, 0.2) is 48.5 Å². The molecule has 3 atom stereocenters. The number of rotatable bonds is 5. The van der Waals surface area contributed by atoms with Crippen LogP contribution in [0, 0.1) is 0 Å². The molecule has 1 aliphatic carbocycles. The largest absolute Gasteiger partial charge is 0.480 e. The summed E-state index contributed by atoms with van der Waals surface area (Å²) in [5.41, 5.74) is 4.53. The normalized spacial score (nSPS) is 24.8. The molecule has 2 aliphatic heterocycles. The molecule has 2 aromatic carbocycles. The van der Waals surface area contributed by atoms with E-state index in [4.69, 9.17) is 14.2 Å². The van der Waals surface area contributed by atoms with Crippen molar-refractivity contribution in [3.05, 3.63) is 59.7 Å². The molecule has 32 heavy (non-hydrogen) atoms. The van der Waals surface area contributed by atoms with Gasteiger partial charge in [0.2, 0.25) is 0 Å². The highest BCUT2D eigenvalue weighted by molar-refractivity contribution is 5.82. The Bertz CT molecular complexity index is 956. The first-order chi connectivity index (χ1) is 15.6. The van der Waals surface area contributed by atoms with Gasteiger partial charge in [-0.1, -0.05) is 48.5 Å². The van der Waals surface area contributed by atoms with Crippen LogP contribution in [0.3, 0.4) is 0 Å². The van der Waals surface area contributed by atoms with Crippen LogP contribution in [0.2, 0.25) is 0 Å². The average Bonchev–Trinajstić information content (AvgIpc) is 3.38. The predicted octanol–water partition coefficient (Wildman–Crippen LogP) is 4.01. The third-order valence-corrected chi connectivity index (χ3v) is 6.63. The number of amides is 1. The molecule has 5 rings (SSSR count). The van der Waals surface area contributed by atoms with Crippen LogP contribution in [0.4, 0.5) is 4.79 Å². The molecule has 0 saturated carbocycles. The number of carboxylic acids is 1. The molecule has 0 bridgehead atoms. The first kappa shape index (κ1) is 21.0. The number of fused-ring (bicyclic) bond motifs is 3. The molecule has 7 heteroatoms. The summed E-state index contributed by atoms with van der Waals surface area (Å²) in [5, 5.41) is 9.80. The van der Waals surface area contributed by atoms with E-state index in [-0.39, 0.29) is 19.1 Å². The molecule has 1 N–H and O–H groups in total. The van der Waals surface area contributed by atoms with Gasteiger partial charge in [0.1, 0.15) is 6.61 Å². The summed E-state index contributed by atoms with van der Waals surface area (Å²) in [5.74, 6) is -1.16. The Morgan fingerprint density at radius 2 is 1.69 bits per heavy atom. The molecule has 0 spiro atoms. The summed E-state index contributed by atoms with van der Waals surface area (Å²) in [6, 6.07) is 15.2. The fourth-order valence-electron chi connectivity index (χ4n) is 5.09. The van der Waals surface area contributed by atoms with Gasteiger partial charge in [0, 0.05) is 19.1 Å². The number of likely N-dealkylation sites (tertiary alicyclic amines) is 1. The quantitative estimate of drug-likeness (QED) is 0.761. The Morgan fingerprint density at radius 1 is 1.00 bits per heavy atom. The maximum atomic E-state index is 12.9. The number of carbonyl (C=O) groups excluding carboxylic acids is 1. The first-order valence-electron chi connectivity index (χ1n) is 11.2. The smallest absolute Gasteiger partial charge is 0.410 e. The fourth-order valence-corrected chi connectivity index (χ4v) is 5.09. The highest BCUT2D eigenvalue weighted by Gasteiger charge is 2.45. The van der Waals surface area contributed by atoms with Crippen LogP contribution in [-0.2, 0) is 19.0 Å². The topological polar surface area (TPSA) is 85.3 Å². The molecule has 168 valence electrons. The Morgan fingerprint density at radius 3 is 2.31 bits per heavy atom. The maximum absolute atomic E-state index is 12.9. The molecule has 2 saturated heterocycles. The van der Waals surface area contributed by atoms with Crippen molar-refractivity contribution in [3.8, 4) is 11.1 Å². The third kappa shape index (κ3) is 3.87. The lowest BCUT2D eigenvalue weighted by molar-refractivity contribution is -0.195. The van der Waals surface area contributed by atoms with E-state index in [0.29, 0.717) is 13.0 Å². The molecule has 7 nitrogen and oxygen atoms in total. The molecule has 2 fully saturated rings. The molecular weight excluding hydrogens is 410 g/mol. The number of carbonyl (C=O) groups is 2. The summed E-state index contributed by atoms with van der Waals surface area (Å²) >= 11 is 0. The summed E-state index contributed by atoms with van der Waals surface area (Å²) in [6.07, 6.45) is 1.54. The Balaban J connectivity index is 1.27. The standard InChI is InChI=1S/C25H27NO6/c27-24(28)23-21(32-22-11-5-6-14-30-22)12-13-26(23)25(29)31-15-20-18-9-3-1-7-16(18)17-8-2-4-10-19(17)20/h1-4,7-10,20-23H,5-6,11-15H2,(H,27,28)/t21?,22?,23-/m0/s1.